The Morgan fingerprint density at radius 2 is 2.24 bits per heavy atom. The van der Waals surface area contributed by atoms with Crippen LogP contribution in [0.4, 0.5) is 0 Å². The molecular formula is C13H14O4. The fourth-order valence-electron chi connectivity index (χ4n) is 1.73. The molecule has 2 rings (SSSR count). The van der Waals surface area contributed by atoms with Crippen LogP contribution in [0.25, 0.3) is 6.08 Å². The van der Waals surface area contributed by atoms with E-state index in [1.165, 1.54) is 0 Å². The van der Waals surface area contributed by atoms with Gasteiger partial charge in [0.15, 0.2) is 0 Å². The van der Waals surface area contributed by atoms with E-state index in [1.54, 1.807) is 19.1 Å². The third-order valence-electron chi connectivity index (χ3n) is 2.52. The number of carbonyl (C=O) groups excluding carboxylic acids is 1. The maximum atomic E-state index is 11.7. The molecule has 1 aromatic carbocycles. The summed E-state index contributed by atoms with van der Waals surface area (Å²) in [5.74, 6) is 0.157. The first-order chi connectivity index (χ1) is 8.26. The second-order valence-corrected chi connectivity index (χ2v) is 3.67. The van der Waals surface area contributed by atoms with E-state index >= 15 is 0 Å². The van der Waals surface area contributed by atoms with E-state index in [2.05, 4.69) is 0 Å². The quantitative estimate of drug-likeness (QED) is 0.803. The average Bonchev–Trinajstić information content (AvgIpc) is 2.37. The van der Waals surface area contributed by atoms with Crippen molar-refractivity contribution < 1.29 is 19.4 Å². The van der Waals surface area contributed by atoms with Crippen LogP contribution >= 0.6 is 0 Å². The van der Waals surface area contributed by atoms with E-state index in [9.17, 15) is 9.90 Å². The summed E-state index contributed by atoms with van der Waals surface area (Å²) in [5, 5.41) is 9.25. The zero-order valence-corrected chi connectivity index (χ0v) is 9.55. The summed E-state index contributed by atoms with van der Waals surface area (Å²) in [6.45, 7) is 1.80. The number of carbonyl (C=O) groups is 1. The van der Waals surface area contributed by atoms with Crippen molar-refractivity contribution in [3.05, 3.63) is 35.4 Å². The summed E-state index contributed by atoms with van der Waals surface area (Å²) in [6.07, 6.45) is 0.926. The van der Waals surface area contributed by atoms with Gasteiger partial charge < -0.3 is 14.6 Å². The van der Waals surface area contributed by atoms with Crippen molar-refractivity contribution >= 4 is 12.0 Å². The lowest BCUT2D eigenvalue weighted by Crippen LogP contribution is -2.34. The second-order valence-electron chi connectivity index (χ2n) is 3.67. The smallest absolute Gasteiger partial charge is 0.351 e. The first kappa shape index (κ1) is 11.7. The number of para-hydroxylation sites is 1. The van der Waals surface area contributed by atoms with Crippen LogP contribution < -0.4 is 4.74 Å². The van der Waals surface area contributed by atoms with Gasteiger partial charge in [0.1, 0.15) is 5.75 Å². The highest BCUT2D eigenvalue weighted by atomic mass is 16.6. The first-order valence-corrected chi connectivity index (χ1v) is 5.50. The van der Waals surface area contributed by atoms with E-state index in [1.807, 2.05) is 18.2 Å². The molecule has 0 unspecified atom stereocenters. The predicted octanol–water partition coefficient (Wildman–Crippen LogP) is 1.39. The highest BCUT2D eigenvalue weighted by Crippen LogP contribution is 2.29. The molecule has 0 radical (unpaired) electrons. The average molecular weight is 234 g/mol. The van der Waals surface area contributed by atoms with Gasteiger partial charge in [-0.05, 0) is 19.1 Å². The number of hydrogen-bond acceptors (Lipinski definition) is 4. The van der Waals surface area contributed by atoms with Gasteiger partial charge in [-0.3, -0.25) is 0 Å². The van der Waals surface area contributed by atoms with Crippen molar-refractivity contribution in [1.82, 2.24) is 0 Å². The third kappa shape index (κ3) is 2.31. The van der Waals surface area contributed by atoms with Gasteiger partial charge in [-0.1, -0.05) is 18.2 Å². The van der Waals surface area contributed by atoms with Gasteiger partial charge >= 0.3 is 5.97 Å². The summed E-state index contributed by atoms with van der Waals surface area (Å²) in [4.78, 5) is 11.7. The van der Waals surface area contributed by atoms with Crippen LogP contribution in [0.5, 0.6) is 5.75 Å². The number of benzene rings is 1. The summed E-state index contributed by atoms with van der Waals surface area (Å²) in [5.41, 5.74) is 1.37. The molecule has 4 nitrogen and oxygen atoms in total. The summed E-state index contributed by atoms with van der Waals surface area (Å²) >= 11 is 0. The van der Waals surface area contributed by atoms with Gasteiger partial charge in [0.25, 0.3) is 0 Å². The maximum absolute atomic E-state index is 11.7. The van der Waals surface area contributed by atoms with Crippen LogP contribution in [0.3, 0.4) is 0 Å². The lowest BCUT2D eigenvalue weighted by molar-refractivity contribution is -0.149. The zero-order valence-electron chi connectivity index (χ0n) is 9.55. The molecule has 17 heavy (non-hydrogen) atoms. The summed E-state index contributed by atoms with van der Waals surface area (Å²) in [6, 6.07) is 7.36. The first-order valence-electron chi connectivity index (χ1n) is 5.50. The zero-order chi connectivity index (χ0) is 12.3. The normalized spacial score (nSPS) is 17.8. The van der Waals surface area contributed by atoms with Crippen molar-refractivity contribution in [2.75, 3.05) is 13.2 Å². The number of rotatable bonds is 3. The lowest BCUT2D eigenvalue weighted by atomic mass is 10.0. The highest BCUT2D eigenvalue weighted by molar-refractivity contribution is 5.83. The monoisotopic (exact) mass is 234 g/mol. The molecule has 90 valence electrons. The van der Waals surface area contributed by atoms with Gasteiger partial charge in [-0.15, -0.1) is 0 Å². The molecule has 0 aliphatic carbocycles. The predicted molar refractivity (Wildman–Crippen MR) is 62.6 cm³/mol. The Labute approximate surface area is 99.5 Å². The minimum absolute atomic E-state index is 0.224. The van der Waals surface area contributed by atoms with Crippen molar-refractivity contribution in [2.24, 2.45) is 0 Å². The summed E-state index contributed by atoms with van der Waals surface area (Å²) in [7, 11) is 0. The largest absolute Gasteiger partial charge is 0.474 e. The van der Waals surface area contributed by atoms with Crippen LogP contribution in [-0.2, 0) is 9.53 Å². The van der Waals surface area contributed by atoms with Crippen LogP contribution in [0.1, 0.15) is 12.5 Å². The van der Waals surface area contributed by atoms with Crippen molar-refractivity contribution in [2.45, 2.75) is 13.0 Å². The standard InChI is InChI=1S/C13H14O4/c1-2-16-13(15)12-10(8-14)7-9-5-3-4-6-11(9)17-12/h3-7,12,14H,2,8H2,1H3/t12-/m0/s1. The molecule has 1 aliphatic heterocycles. The van der Waals surface area contributed by atoms with Gasteiger partial charge in [-0.2, -0.15) is 0 Å². The Morgan fingerprint density at radius 3 is 2.94 bits per heavy atom. The Morgan fingerprint density at radius 1 is 1.47 bits per heavy atom. The number of aliphatic hydroxyl groups is 1. The van der Waals surface area contributed by atoms with Crippen LogP contribution in [-0.4, -0.2) is 30.4 Å². The van der Waals surface area contributed by atoms with Crippen LogP contribution in [0, 0.1) is 0 Å². The Kier molecular flexibility index (Phi) is 3.44. The van der Waals surface area contributed by atoms with Crippen molar-refractivity contribution in [3.8, 4) is 5.75 Å². The SMILES string of the molecule is CCOC(=O)[C@H]1Oc2ccccc2C=C1CO. The fraction of sp³-hybridized carbons (Fsp3) is 0.308. The molecule has 4 heteroatoms. The molecule has 1 heterocycles. The molecule has 0 aromatic heterocycles. The number of aliphatic hydroxyl groups excluding tert-OH is 1. The van der Waals surface area contributed by atoms with Crippen molar-refractivity contribution in [3.63, 3.8) is 0 Å². The van der Waals surface area contributed by atoms with E-state index in [-0.39, 0.29) is 6.61 Å². The molecule has 0 bridgehead atoms. The highest BCUT2D eigenvalue weighted by Gasteiger charge is 2.29. The van der Waals surface area contributed by atoms with E-state index in [0.717, 1.165) is 5.56 Å². The van der Waals surface area contributed by atoms with Crippen LogP contribution in [0.15, 0.2) is 29.8 Å². The van der Waals surface area contributed by atoms with Gasteiger partial charge in [0.2, 0.25) is 6.10 Å². The Bertz CT molecular complexity index is 450. The molecule has 0 spiro atoms. The minimum Gasteiger partial charge on any atom is -0.474 e. The van der Waals surface area contributed by atoms with Gasteiger partial charge in [-0.25, -0.2) is 4.79 Å². The van der Waals surface area contributed by atoms with Gasteiger partial charge in [0, 0.05) is 11.1 Å². The molecule has 0 saturated heterocycles. The molecule has 0 amide bonds. The van der Waals surface area contributed by atoms with Gasteiger partial charge in [0.05, 0.1) is 13.2 Å². The maximum Gasteiger partial charge on any atom is 0.351 e. The number of hydrogen-bond donors (Lipinski definition) is 1. The summed E-state index contributed by atoms with van der Waals surface area (Å²) < 4.78 is 10.5. The molecule has 0 saturated carbocycles. The fourth-order valence-corrected chi connectivity index (χ4v) is 1.73. The molecular weight excluding hydrogens is 220 g/mol. The number of fused-ring (bicyclic) bond motifs is 1. The Hall–Kier alpha value is -1.81. The van der Waals surface area contributed by atoms with Crippen molar-refractivity contribution in [1.29, 1.82) is 0 Å². The van der Waals surface area contributed by atoms with E-state index < -0.39 is 12.1 Å². The topological polar surface area (TPSA) is 55.8 Å². The third-order valence-corrected chi connectivity index (χ3v) is 2.52. The van der Waals surface area contributed by atoms with E-state index in [4.69, 9.17) is 9.47 Å². The molecule has 1 aromatic rings. The molecule has 1 N–H and O–H groups in total. The Balaban J connectivity index is 2.30. The number of ether oxygens (including phenoxy) is 2. The lowest BCUT2D eigenvalue weighted by Gasteiger charge is -2.24. The molecule has 0 fully saturated rings. The van der Waals surface area contributed by atoms with Crippen LogP contribution in [0.2, 0.25) is 0 Å². The molecule has 1 aliphatic rings. The van der Waals surface area contributed by atoms with E-state index in [0.29, 0.717) is 17.9 Å². The minimum atomic E-state index is -0.838. The second kappa shape index (κ2) is 5.01. The number of esters is 1. The molecule has 1 atom stereocenters.